The van der Waals surface area contributed by atoms with Gasteiger partial charge in [-0.05, 0) is 84.0 Å². The highest BCUT2D eigenvalue weighted by molar-refractivity contribution is 5.66. The van der Waals surface area contributed by atoms with Gasteiger partial charge in [0.25, 0.3) is 0 Å². The number of aryl methyl sites for hydroxylation is 1. The Morgan fingerprint density at radius 3 is 2.42 bits per heavy atom. The van der Waals surface area contributed by atoms with Crippen molar-refractivity contribution < 1.29 is 17.6 Å². The summed E-state index contributed by atoms with van der Waals surface area (Å²) in [5, 5.41) is 0. The summed E-state index contributed by atoms with van der Waals surface area (Å²) in [4.78, 5) is 0. The summed E-state index contributed by atoms with van der Waals surface area (Å²) in [7, 11) is 0. The Morgan fingerprint density at radius 2 is 1.68 bits per heavy atom. The van der Waals surface area contributed by atoms with Crippen molar-refractivity contribution in [3.8, 4) is 11.1 Å². The van der Waals surface area contributed by atoms with E-state index in [0.717, 1.165) is 48.9 Å². The van der Waals surface area contributed by atoms with Crippen molar-refractivity contribution in [2.75, 3.05) is 0 Å². The van der Waals surface area contributed by atoms with Gasteiger partial charge in [0, 0.05) is 5.56 Å². The maximum absolute atomic E-state index is 15.2. The minimum absolute atomic E-state index is 0.00528. The summed E-state index contributed by atoms with van der Waals surface area (Å²) >= 11 is 0. The molecule has 4 heteroatoms. The molecular weight excluding hydrogens is 400 g/mol. The molecule has 0 spiro atoms. The Labute approximate surface area is 180 Å². The third kappa shape index (κ3) is 4.53. The lowest BCUT2D eigenvalue weighted by molar-refractivity contribution is 0.508. The smallest absolute Gasteiger partial charge is 0.159 e. The largest absolute Gasteiger partial charge is 0.207 e. The Balaban J connectivity index is 1.55. The molecule has 0 nitrogen and oxygen atoms in total. The summed E-state index contributed by atoms with van der Waals surface area (Å²) in [6.45, 7) is 2.15. The van der Waals surface area contributed by atoms with Crippen LogP contribution in [0.4, 0.5) is 17.6 Å². The molecule has 1 aliphatic carbocycles. The number of hydrogen-bond acceptors (Lipinski definition) is 0. The lowest BCUT2D eigenvalue weighted by atomic mass is 9.78. The van der Waals surface area contributed by atoms with Gasteiger partial charge < -0.3 is 0 Å². The second-order valence-corrected chi connectivity index (χ2v) is 8.45. The molecule has 0 aromatic heterocycles. The zero-order chi connectivity index (χ0) is 22.0. The number of halogens is 4. The van der Waals surface area contributed by atoms with Gasteiger partial charge >= 0.3 is 0 Å². The van der Waals surface area contributed by atoms with Crippen LogP contribution in [0.3, 0.4) is 0 Å². The number of rotatable bonds is 6. The van der Waals surface area contributed by atoms with Crippen molar-refractivity contribution in [2.24, 2.45) is 0 Å². The van der Waals surface area contributed by atoms with Crippen LogP contribution in [-0.4, -0.2) is 0 Å². The fourth-order valence-corrected chi connectivity index (χ4v) is 4.60. The van der Waals surface area contributed by atoms with Crippen molar-refractivity contribution in [3.63, 3.8) is 0 Å². The van der Waals surface area contributed by atoms with Gasteiger partial charge in [0.2, 0.25) is 0 Å². The summed E-state index contributed by atoms with van der Waals surface area (Å²) in [5.41, 5.74) is 3.73. The molecule has 3 aromatic rings. The standard InChI is InChI=1S/C27H26F4/c1-2-3-4-5-17-6-10-21(25(29)14-17)18-7-11-22-19(15-18)8-12-23(27(22)31)20-9-13-24(28)26(30)16-20/h6,8-10,12-14,16,18H,2-5,7,11,15H2,1H3. The van der Waals surface area contributed by atoms with E-state index >= 15 is 4.39 Å². The first-order chi connectivity index (χ1) is 15.0. The highest BCUT2D eigenvalue weighted by Crippen LogP contribution is 2.38. The molecule has 0 amide bonds. The molecule has 0 saturated carbocycles. The van der Waals surface area contributed by atoms with Crippen molar-refractivity contribution in [3.05, 3.63) is 94.1 Å². The third-order valence-electron chi connectivity index (χ3n) is 6.35. The molecule has 1 aliphatic rings. The predicted molar refractivity (Wildman–Crippen MR) is 116 cm³/mol. The SMILES string of the molecule is CCCCCc1ccc(C2CCc3c(ccc(-c4ccc(F)c(F)c4)c3F)C2)c(F)c1. The van der Waals surface area contributed by atoms with Gasteiger partial charge in [-0.15, -0.1) is 0 Å². The number of hydrogen-bond donors (Lipinski definition) is 0. The minimum Gasteiger partial charge on any atom is -0.207 e. The van der Waals surface area contributed by atoms with Gasteiger partial charge in [-0.25, -0.2) is 17.6 Å². The second kappa shape index (κ2) is 9.25. The molecule has 3 aromatic carbocycles. The van der Waals surface area contributed by atoms with E-state index in [0.29, 0.717) is 36.0 Å². The molecule has 0 saturated heterocycles. The topological polar surface area (TPSA) is 0 Å². The Hall–Kier alpha value is -2.62. The van der Waals surface area contributed by atoms with E-state index in [1.165, 1.54) is 6.07 Å². The fraction of sp³-hybridized carbons (Fsp3) is 0.333. The van der Waals surface area contributed by atoms with Crippen LogP contribution in [0.25, 0.3) is 11.1 Å². The highest BCUT2D eigenvalue weighted by atomic mass is 19.2. The van der Waals surface area contributed by atoms with Crippen molar-refractivity contribution >= 4 is 0 Å². The van der Waals surface area contributed by atoms with E-state index < -0.39 is 17.5 Å². The van der Waals surface area contributed by atoms with Crippen molar-refractivity contribution in [1.82, 2.24) is 0 Å². The van der Waals surface area contributed by atoms with Gasteiger partial charge in [-0.3, -0.25) is 0 Å². The average molecular weight is 426 g/mol. The second-order valence-electron chi connectivity index (χ2n) is 8.45. The molecule has 0 radical (unpaired) electrons. The maximum Gasteiger partial charge on any atom is 0.159 e. The maximum atomic E-state index is 15.2. The minimum atomic E-state index is -0.997. The zero-order valence-electron chi connectivity index (χ0n) is 17.7. The van der Waals surface area contributed by atoms with Crippen LogP contribution in [0.2, 0.25) is 0 Å². The summed E-state index contributed by atoms with van der Waals surface area (Å²) < 4.78 is 56.8. The molecule has 0 heterocycles. The molecule has 162 valence electrons. The van der Waals surface area contributed by atoms with E-state index in [9.17, 15) is 13.2 Å². The molecule has 0 fully saturated rings. The van der Waals surface area contributed by atoms with Crippen LogP contribution < -0.4 is 0 Å². The first kappa shape index (κ1) is 21.6. The van der Waals surface area contributed by atoms with Crippen LogP contribution >= 0.6 is 0 Å². The van der Waals surface area contributed by atoms with Crippen LogP contribution in [0.1, 0.15) is 60.8 Å². The van der Waals surface area contributed by atoms with Gasteiger partial charge in [0.15, 0.2) is 11.6 Å². The lowest BCUT2D eigenvalue weighted by Crippen LogP contribution is -2.16. The lowest BCUT2D eigenvalue weighted by Gasteiger charge is -2.26. The third-order valence-corrected chi connectivity index (χ3v) is 6.35. The van der Waals surface area contributed by atoms with Crippen molar-refractivity contribution in [2.45, 2.75) is 57.8 Å². The van der Waals surface area contributed by atoms with Gasteiger partial charge in [0.1, 0.15) is 11.6 Å². The Bertz CT molecular complexity index is 1090. The quantitative estimate of drug-likeness (QED) is 0.277. The number of unbranched alkanes of at least 4 members (excludes halogenated alkanes) is 2. The van der Waals surface area contributed by atoms with Crippen LogP contribution in [0.15, 0.2) is 48.5 Å². The molecule has 4 rings (SSSR count). The average Bonchev–Trinajstić information content (AvgIpc) is 2.76. The molecular formula is C27H26F4. The molecule has 0 N–H and O–H groups in total. The van der Waals surface area contributed by atoms with E-state index in [2.05, 4.69) is 6.92 Å². The molecule has 0 aliphatic heterocycles. The van der Waals surface area contributed by atoms with Crippen molar-refractivity contribution in [1.29, 1.82) is 0 Å². The number of fused-ring (bicyclic) bond motifs is 1. The van der Waals surface area contributed by atoms with Gasteiger partial charge in [-0.2, -0.15) is 0 Å². The Morgan fingerprint density at radius 1 is 0.839 bits per heavy atom. The summed E-state index contributed by atoms with van der Waals surface area (Å²) in [6.07, 6.45) is 5.92. The van der Waals surface area contributed by atoms with Gasteiger partial charge in [-0.1, -0.05) is 50.1 Å². The summed E-state index contributed by atoms with van der Waals surface area (Å²) in [5.74, 6) is -2.52. The molecule has 1 unspecified atom stereocenters. The molecule has 1 atom stereocenters. The van der Waals surface area contributed by atoms with Gasteiger partial charge in [0.05, 0.1) is 0 Å². The van der Waals surface area contributed by atoms with E-state index in [1.54, 1.807) is 12.1 Å². The molecule has 31 heavy (non-hydrogen) atoms. The van der Waals surface area contributed by atoms with E-state index in [4.69, 9.17) is 0 Å². The number of benzene rings is 3. The Kier molecular flexibility index (Phi) is 6.45. The first-order valence-corrected chi connectivity index (χ1v) is 11.0. The molecule has 0 bridgehead atoms. The first-order valence-electron chi connectivity index (χ1n) is 11.0. The van der Waals surface area contributed by atoms with E-state index in [-0.39, 0.29) is 17.3 Å². The van der Waals surface area contributed by atoms with Crippen LogP contribution in [0, 0.1) is 23.3 Å². The highest BCUT2D eigenvalue weighted by Gasteiger charge is 2.26. The monoisotopic (exact) mass is 426 g/mol. The van der Waals surface area contributed by atoms with Crippen LogP contribution in [0.5, 0.6) is 0 Å². The van der Waals surface area contributed by atoms with Crippen LogP contribution in [-0.2, 0) is 19.3 Å². The zero-order valence-corrected chi connectivity index (χ0v) is 17.7. The van der Waals surface area contributed by atoms with E-state index in [1.807, 2.05) is 18.2 Å². The fourth-order valence-electron chi connectivity index (χ4n) is 4.60. The predicted octanol–water partition coefficient (Wildman–Crippen LogP) is 7.92. The summed E-state index contributed by atoms with van der Waals surface area (Å²) in [6, 6.07) is 12.4. The normalized spacial score (nSPS) is 15.7.